The first-order chi connectivity index (χ1) is 12.2. The highest BCUT2D eigenvalue weighted by atomic mass is 32.2. The Labute approximate surface area is 157 Å². The molecule has 3 rings (SSSR count). The first-order valence-corrected chi connectivity index (χ1v) is 9.50. The molecule has 0 bridgehead atoms. The number of carbonyl (C=O) groups is 2. The third kappa shape index (κ3) is 3.07. The Balaban J connectivity index is 2.03. The second-order valence-corrected chi connectivity index (χ2v) is 8.26. The Morgan fingerprint density at radius 2 is 1.96 bits per heavy atom. The quantitative estimate of drug-likeness (QED) is 0.706. The van der Waals surface area contributed by atoms with Gasteiger partial charge in [0.15, 0.2) is 0 Å². The average molecular weight is 374 g/mol. The largest absolute Gasteiger partial charge is 0.365 e. The van der Waals surface area contributed by atoms with E-state index in [1.807, 2.05) is 25.8 Å². The molecule has 2 heterocycles. The first kappa shape index (κ1) is 18.7. The van der Waals surface area contributed by atoms with E-state index >= 15 is 0 Å². The molecule has 0 spiro atoms. The number of amides is 2. The Bertz CT molecular complexity index is 858. The number of rotatable bonds is 3. The van der Waals surface area contributed by atoms with Gasteiger partial charge < -0.3 is 4.90 Å². The van der Waals surface area contributed by atoms with E-state index in [0.717, 1.165) is 28.6 Å². The fraction of sp³-hybridized carbons (Fsp3) is 0.400. The van der Waals surface area contributed by atoms with Crippen LogP contribution < -0.4 is 4.90 Å². The highest BCUT2D eigenvalue weighted by Gasteiger charge is 2.35. The predicted octanol–water partition coefficient (Wildman–Crippen LogP) is 4.90. The number of benzene rings is 1. The number of imide groups is 1. The maximum absolute atomic E-state index is 14.7. The molecule has 0 aromatic heterocycles. The van der Waals surface area contributed by atoms with E-state index in [2.05, 4.69) is 19.9 Å². The number of halogens is 1. The zero-order chi connectivity index (χ0) is 19.2. The highest BCUT2D eigenvalue weighted by Crippen LogP contribution is 2.40. The summed E-state index contributed by atoms with van der Waals surface area (Å²) in [4.78, 5) is 27.9. The molecular formula is C20H23FN2O2S. The number of anilines is 1. The molecule has 0 unspecified atom stereocenters. The summed E-state index contributed by atoms with van der Waals surface area (Å²) in [7, 11) is 1.94. The van der Waals surface area contributed by atoms with Crippen molar-refractivity contribution in [3.8, 4) is 0 Å². The first-order valence-electron chi connectivity index (χ1n) is 8.68. The molecule has 1 saturated heterocycles. The van der Waals surface area contributed by atoms with Gasteiger partial charge >= 0.3 is 0 Å². The molecule has 1 aromatic carbocycles. The number of thioether (sulfide) groups is 1. The van der Waals surface area contributed by atoms with E-state index in [0.29, 0.717) is 18.5 Å². The SMILES string of the molecule is CCCN1C(=O)S/C(=C/c2cc3c(cc2F)N(C)C(C)(C)C=C3C)C1=O. The number of allylic oxidation sites excluding steroid dienone is 1. The van der Waals surface area contributed by atoms with Crippen LogP contribution >= 0.6 is 11.8 Å². The van der Waals surface area contributed by atoms with Crippen LogP contribution in [0.15, 0.2) is 23.1 Å². The lowest BCUT2D eigenvalue weighted by Crippen LogP contribution is -2.42. The van der Waals surface area contributed by atoms with Crippen molar-refractivity contribution in [3.63, 3.8) is 0 Å². The highest BCUT2D eigenvalue weighted by molar-refractivity contribution is 8.18. The van der Waals surface area contributed by atoms with E-state index < -0.39 is 5.82 Å². The number of hydrogen-bond acceptors (Lipinski definition) is 4. The molecule has 6 heteroatoms. The molecule has 0 aliphatic carbocycles. The molecule has 26 heavy (non-hydrogen) atoms. The van der Waals surface area contributed by atoms with Gasteiger partial charge in [-0.05, 0) is 62.7 Å². The minimum atomic E-state index is -0.400. The number of fused-ring (bicyclic) bond motifs is 1. The minimum absolute atomic E-state index is 0.201. The van der Waals surface area contributed by atoms with Crippen molar-refractivity contribution >= 4 is 40.2 Å². The Morgan fingerprint density at radius 3 is 2.62 bits per heavy atom. The van der Waals surface area contributed by atoms with Gasteiger partial charge in [-0.25, -0.2) is 4.39 Å². The van der Waals surface area contributed by atoms with E-state index in [1.165, 1.54) is 17.0 Å². The summed E-state index contributed by atoms with van der Waals surface area (Å²) in [5, 5.41) is -0.293. The van der Waals surface area contributed by atoms with E-state index in [4.69, 9.17) is 0 Å². The lowest BCUT2D eigenvalue weighted by Gasteiger charge is -2.40. The summed E-state index contributed by atoms with van der Waals surface area (Å²) in [6, 6.07) is 3.27. The topological polar surface area (TPSA) is 40.6 Å². The van der Waals surface area contributed by atoms with E-state index in [-0.39, 0.29) is 21.6 Å². The number of likely N-dealkylation sites (N-methyl/N-ethyl adjacent to an activating group) is 1. The van der Waals surface area contributed by atoms with Gasteiger partial charge in [-0.2, -0.15) is 0 Å². The Kier molecular flexibility index (Phi) is 4.73. The maximum Gasteiger partial charge on any atom is 0.293 e. The molecule has 138 valence electrons. The van der Waals surface area contributed by atoms with E-state index in [1.54, 1.807) is 6.07 Å². The Hall–Kier alpha value is -2.08. The van der Waals surface area contributed by atoms with Crippen LogP contribution in [0, 0.1) is 5.82 Å². The summed E-state index contributed by atoms with van der Waals surface area (Å²) in [5.41, 5.74) is 2.95. The zero-order valence-corrected chi connectivity index (χ0v) is 16.5. The lowest BCUT2D eigenvalue weighted by atomic mass is 9.88. The van der Waals surface area contributed by atoms with Crippen molar-refractivity contribution in [2.24, 2.45) is 0 Å². The summed E-state index contributed by atoms with van der Waals surface area (Å²) >= 11 is 0.871. The van der Waals surface area contributed by atoms with Crippen LogP contribution in [-0.4, -0.2) is 35.2 Å². The van der Waals surface area contributed by atoms with Crippen molar-refractivity contribution in [1.29, 1.82) is 0 Å². The average Bonchev–Trinajstić information content (AvgIpc) is 2.82. The van der Waals surface area contributed by atoms with Gasteiger partial charge in [0, 0.05) is 30.4 Å². The van der Waals surface area contributed by atoms with Crippen LogP contribution in [0.25, 0.3) is 11.6 Å². The second kappa shape index (κ2) is 6.58. The van der Waals surface area contributed by atoms with Gasteiger partial charge in [0.2, 0.25) is 0 Å². The number of nitrogens with zero attached hydrogens (tertiary/aromatic N) is 2. The fourth-order valence-electron chi connectivity index (χ4n) is 3.36. The molecule has 0 saturated carbocycles. The summed E-state index contributed by atoms with van der Waals surface area (Å²) in [6.07, 6.45) is 4.33. The third-order valence-electron chi connectivity index (χ3n) is 4.94. The summed E-state index contributed by atoms with van der Waals surface area (Å²) in [5.74, 6) is -0.743. The minimum Gasteiger partial charge on any atom is -0.365 e. The third-order valence-corrected chi connectivity index (χ3v) is 5.85. The maximum atomic E-state index is 14.7. The number of hydrogen-bond donors (Lipinski definition) is 0. The molecule has 4 nitrogen and oxygen atoms in total. The molecule has 2 aliphatic heterocycles. The molecule has 2 amide bonds. The van der Waals surface area contributed by atoms with Gasteiger partial charge in [0.05, 0.1) is 10.4 Å². The van der Waals surface area contributed by atoms with Crippen molar-refractivity contribution < 1.29 is 14.0 Å². The second-order valence-electron chi connectivity index (χ2n) is 7.26. The predicted molar refractivity (Wildman–Crippen MR) is 106 cm³/mol. The van der Waals surface area contributed by atoms with Gasteiger partial charge in [0.25, 0.3) is 11.1 Å². The standard InChI is InChI=1S/C20H23FN2O2S/c1-6-7-23-18(24)17(26-19(23)25)9-13-8-14-12(2)11-20(3,4)22(5)16(14)10-15(13)21/h8-11H,6-7H2,1-5H3/b17-9+. The lowest BCUT2D eigenvalue weighted by molar-refractivity contribution is -0.122. The molecule has 0 atom stereocenters. The van der Waals surface area contributed by atoms with Crippen LogP contribution in [0.3, 0.4) is 0 Å². The monoisotopic (exact) mass is 374 g/mol. The fourth-order valence-corrected chi connectivity index (χ4v) is 4.21. The zero-order valence-electron chi connectivity index (χ0n) is 15.7. The van der Waals surface area contributed by atoms with Crippen LogP contribution in [0.2, 0.25) is 0 Å². The van der Waals surface area contributed by atoms with Crippen LogP contribution in [0.5, 0.6) is 0 Å². The van der Waals surface area contributed by atoms with Gasteiger partial charge in [0.1, 0.15) is 5.82 Å². The van der Waals surface area contributed by atoms with Crippen molar-refractivity contribution in [1.82, 2.24) is 4.90 Å². The summed E-state index contributed by atoms with van der Waals surface area (Å²) < 4.78 is 14.7. The van der Waals surface area contributed by atoms with Crippen molar-refractivity contribution in [3.05, 3.63) is 40.1 Å². The Morgan fingerprint density at radius 1 is 1.27 bits per heavy atom. The number of carbonyl (C=O) groups excluding carboxylic acids is 2. The van der Waals surface area contributed by atoms with Crippen molar-refractivity contribution in [2.45, 2.75) is 39.7 Å². The van der Waals surface area contributed by atoms with Crippen molar-refractivity contribution in [2.75, 3.05) is 18.5 Å². The van der Waals surface area contributed by atoms with E-state index in [9.17, 15) is 14.0 Å². The van der Waals surface area contributed by atoms with Crippen LogP contribution in [-0.2, 0) is 4.79 Å². The summed E-state index contributed by atoms with van der Waals surface area (Å²) in [6.45, 7) is 8.45. The molecule has 0 radical (unpaired) electrons. The van der Waals surface area contributed by atoms with Crippen LogP contribution in [0.1, 0.15) is 45.2 Å². The molecule has 1 fully saturated rings. The smallest absolute Gasteiger partial charge is 0.293 e. The van der Waals surface area contributed by atoms with Gasteiger partial charge in [-0.1, -0.05) is 13.0 Å². The van der Waals surface area contributed by atoms with Gasteiger partial charge in [-0.15, -0.1) is 0 Å². The molecule has 2 aliphatic rings. The molecule has 0 N–H and O–H groups in total. The normalized spacial score (nSPS) is 20.7. The van der Waals surface area contributed by atoms with Crippen LogP contribution in [0.4, 0.5) is 14.9 Å². The molecular weight excluding hydrogens is 351 g/mol. The van der Waals surface area contributed by atoms with Gasteiger partial charge in [-0.3, -0.25) is 14.5 Å². The molecule has 1 aromatic rings.